The predicted octanol–water partition coefficient (Wildman–Crippen LogP) is 2.25. The molecule has 0 spiro atoms. The van der Waals surface area contributed by atoms with Crippen molar-refractivity contribution in [1.29, 1.82) is 0 Å². The fourth-order valence-electron chi connectivity index (χ4n) is 2.71. The van der Waals surface area contributed by atoms with Gasteiger partial charge in [-0.1, -0.05) is 12.1 Å². The number of H-pyrrole nitrogens is 1. The van der Waals surface area contributed by atoms with E-state index in [1.54, 1.807) is 0 Å². The lowest BCUT2D eigenvalue weighted by Gasteiger charge is -2.16. The molecule has 2 N–H and O–H groups in total. The summed E-state index contributed by atoms with van der Waals surface area (Å²) in [6, 6.07) is 8.19. The molecule has 0 saturated heterocycles. The van der Waals surface area contributed by atoms with Crippen LogP contribution in [-0.2, 0) is 6.42 Å². The molecule has 5 nitrogen and oxygen atoms in total. The van der Waals surface area contributed by atoms with Crippen molar-refractivity contribution in [3.63, 3.8) is 0 Å². The summed E-state index contributed by atoms with van der Waals surface area (Å²) in [5.41, 5.74) is 3.85. The summed E-state index contributed by atoms with van der Waals surface area (Å²) in [5, 5.41) is 3.27. The van der Waals surface area contributed by atoms with Gasteiger partial charge < -0.3 is 15.2 Å². The third-order valence-corrected chi connectivity index (χ3v) is 3.83. The fraction of sp³-hybridized carbons (Fsp3) is 0.375. The minimum absolute atomic E-state index is 0.298. The normalized spacial score (nSPS) is 14.0. The highest BCUT2D eigenvalue weighted by Gasteiger charge is 2.16. The van der Waals surface area contributed by atoms with Crippen molar-refractivity contribution in [1.82, 2.24) is 9.97 Å². The Kier molecular flexibility index (Phi) is 3.64. The molecule has 110 valence electrons. The van der Waals surface area contributed by atoms with Crippen LogP contribution in [0, 0.1) is 0 Å². The van der Waals surface area contributed by atoms with Gasteiger partial charge in [-0.25, -0.2) is 4.79 Å². The molecule has 0 aliphatic carbocycles. The van der Waals surface area contributed by atoms with Crippen LogP contribution in [0.5, 0.6) is 0 Å². The minimum atomic E-state index is -0.298. The van der Waals surface area contributed by atoms with Crippen LogP contribution in [-0.4, -0.2) is 30.6 Å². The van der Waals surface area contributed by atoms with Gasteiger partial charge in [-0.05, 0) is 31.4 Å². The lowest BCUT2D eigenvalue weighted by molar-refractivity contribution is 0.785. The molecule has 3 rings (SSSR count). The van der Waals surface area contributed by atoms with Gasteiger partial charge in [0.1, 0.15) is 5.82 Å². The monoisotopic (exact) mass is 284 g/mol. The van der Waals surface area contributed by atoms with Crippen molar-refractivity contribution in [3.8, 4) is 11.3 Å². The number of benzene rings is 1. The lowest BCUT2D eigenvalue weighted by Crippen LogP contribution is -2.17. The zero-order chi connectivity index (χ0) is 14.8. The molecule has 1 aromatic carbocycles. The summed E-state index contributed by atoms with van der Waals surface area (Å²) in [7, 11) is 4.02. The third kappa shape index (κ3) is 2.77. The molecule has 0 saturated carbocycles. The van der Waals surface area contributed by atoms with Gasteiger partial charge in [-0.15, -0.1) is 0 Å². The zero-order valence-corrected chi connectivity index (χ0v) is 12.4. The molecule has 1 aliphatic heterocycles. The van der Waals surface area contributed by atoms with Crippen molar-refractivity contribution >= 4 is 11.5 Å². The average molecular weight is 284 g/mol. The van der Waals surface area contributed by atoms with Gasteiger partial charge in [0.2, 0.25) is 0 Å². The number of nitrogens with one attached hydrogen (secondary N) is 2. The van der Waals surface area contributed by atoms with Crippen molar-refractivity contribution in [2.45, 2.75) is 19.3 Å². The van der Waals surface area contributed by atoms with Gasteiger partial charge >= 0.3 is 5.69 Å². The minimum Gasteiger partial charge on any atom is -0.378 e. The Balaban J connectivity index is 2.16. The summed E-state index contributed by atoms with van der Waals surface area (Å²) in [6.07, 6.45) is 3.14. The standard InChI is InChI=1S/C16H20N4O/c1-20(2)12-7-5-6-11(10-12)14-13-8-3-4-9-17-15(13)19-16(21)18-14/h5-7,10H,3-4,8-9H2,1-2H3,(H2,17,18,19,21). The number of rotatable bonds is 2. The summed E-state index contributed by atoms with van der Waals surface area (Å²) in [4.78, 5) is 20.9. The average Bonchev–Trinajstić information content (AvgIpc) is 2.71. The van der Waals surface area contributed by atoms with Crippen LogP contribution in [0.2, 0.25) is 0 Å². The first kappa shape index (κ1) is 13.7. The van der Waals surface area contributed by atoms with E-state index >= 15 is 0 Å². The van der Waals surface area contributed by atoms with E-state index in [9.17, 15) is 4.79 Å². The number of aromatic nitrogens is 2. The smallest absolute Gasteiger partial charge is 0.347 e. The van der Waals surface area contributed by atoms with E-state index in [1.807, 2.05) is 26.2 Å². The second kappa shape index (κ2) is 5.60. The molecule has 5 heteroatoms. The molecule has 0 unspecified atom stereocenters. The Bertz CT molecular complexity index is 706. The van der Waals surface area contributed by atoms with E-state index in [0.29, 0.717) is 0 Å². The van der Waals surface area contributed by atoms with Gasteiger partial charge in [0.25, 0.3) is 0 Å². The topological polar surface area (TPSA) is 61.0 Å². The number of aromatic amines is 1. The molecular formula is C16H20N4O. The quantitative estimate of drug-likeness (QED) is 0.888. The van der Waals surface area contributed by atoms with E-state index in [1.165, 1.54) is 0 Å². The summed E-state index contributed by atoms with van der Waals surface area (Å²) >= 11 is 0. The van der Waals surface area contributed by atoms with Crippen molar-refractivity contribution in [3.05, 3.63) is 40.3 Å². The maximum atomic E-state index is 11.8. The highest BCUT2D eigenvalue weighted by Crippen LogP contribution is 2.29. The molecule has 1 aromatic heterocycles. The second-order valence-corrected chi connectivity index (χ2v) is 5.57. The van der Waals surface area contributed by atoms with Crippen LogP contribution in [0.4, 0.5) is 11.5 Å². The van der Waals surface area contributed by atoms with E-state index in [0.717, 1.165) is 54.1 Å². The van der Waals surface area contributed by atoms with Crippen LogP contribution in [0.3, 0.4) is 0 Å². The third-order valence-electron chi connectivity index (χ3n) is 3.83. The maximum Gasteiger partial charge on any atom is 0.347 e. The Hall–Kier alpha value is -2.30. The van der Waals surface area contributed by atoms with Crippen LogP contribution >= 0.6 is 0 Å². The number of anilines is 2. The Morgan fingerprint density at radius 1 is 1.24 bits per heavy atom. The number of fused-ring (bicyclic) bond motifs is 1. The number of hydrogen-bond donors (Lipinski definition) is 2. The molecule has 0 radical (unpaired) electrons. The Morgan fingerprint density at radius 3 is 2.90 bits per heavy atom. The van der Waals surface area contributed by atoms with E-state index in [4.69, 9.17) is 0 Å². The maximum absolute atomic E-state index is 11.8. The summed E-state index contributed by atoms with van der Waals surface area (Å²) in [6.45, 7) is 0.876. The van der Waals surface area contributed by atoms with Gasteiger partial charge in [0.15, 0.2) is 0 Å². The molecule has 0 fully saturated rings. The van der Waals surface area contributed by atoms with Gasteiger partial charge in [0, 0.05) is 37.5 Å². The van der Waals surface area contributed by atoms with Crippen LogP contribution < -0.4 is 15.9 Å². The number of hydrogen-bond acceptors (Lipinski definition) is 4. The molecule has 2 heterocycles. The first-order valence-electron chi connectivity index (χ1n) is 7.30. The summed E-state index contributed by atoms with van der Waals surface area (Å²) in [5.74, 6) is 0.738. The second-order valence-electron chi connectivity index (χ2n) is 5.57. The lowest BCUT2D eigenvalue weighted by atomic mass is 10.0. The Labute approximate surface area is 124 Å². The first-order chi connectivity index (χ1) is 10.1. The van der Waals surface area contributed by atoms with Crippen LogP contribution in [0.1, 0.15) is 18.4 Å². The molecule has 21 heavy (non-hydrogen) atoms. The molecule has 0 atom stereocenters. The van der Waals surface area contributed by atoms with E-state index < -0.39 is 0 Å². The largest absolute Gasteiger partial charge is 0.378 e. The van der Waals surface area contributed by atoms with Gasteiger partial charge in [-0.3, -0.25) is 0 Å². The van der Waals surface area contributed by atoms with E-state index in [2.05, 4.69) is 32.3 Å². The van der Waals surface area contributed by atoms with E-state index in [-0.39, 0.29) is 5.69 Å². The molecule has 0 bridgehead atoms. The molecule has 0 amide bonds. The first-order valence-corrected chi connectivity index (χ1v) is 7.30. The molecule has 2 aromatic rings. The van der Waals surface area contributed by atoms with Crippen molar-refractivity contribution < 1.29 is 0 Å². The highest BCUT2D eigenvalue weighted by molar-refractivity contribution is 5.71. The Morgan fingerprint density at radius 2 is 2.10 bits per heavy atom. The highest BCUT2D eigenvalue weighted by atomic mass is 16.1. The van der Waals surface area contributed by atoms with Gasteiger partial charge in [0.05, 0.1) is 5.69 Å². The SMILES string of the molecule is CN(C)c1cccc(-c2[nH]c(=O)nc3c2CCCCN3)c1. The van der Waals surface area contributed by atoms with Crippen molar-refractivity contribution in [2.24, 2.45) is 0 Å². The predicted molar refractivity (Wildman–Crippen MR) is 86.0 cm³/mol. The number of nitrogens with zero attached hydrogens (tertiary/aromatic N) is 2. The fourth-order valence-corrected chi connectivity index (χ4v) is 2.71. The molecular weight excluding hydrogens is 264 g/mol. The summed E-state index contributed by atoms with van der Waals surface area (Å²) < 4.78 is 0. The van der Waals surface area contributed by atoms with Crippen molar-refractivity contribution in [2.75, 3.05) is 30.9 Å². The van der Waals surface area contributed by atoms with Gasteiger partial charge in [-0.2, -0.15) is 4.98 Å². The van der Waals surface area contributed by atoms with Crippen LogP contribution in [0.25, 0.3) is 11.3 Å². The zero-order valence-electron chi connectivity index (χ0n) is 12.4. The van der Waals surface area contributed by atoms with Crippen LogP contribution in [0.15, 0.2) is 29.1 Å². The molecule has 1 aliphatic rings.